The molecule has 2 aliphatic rings. The van der Waals surface area contributed by atoms with Crippen molar-refractivity contribution in [3.05, 3.63) is 12.4 Å². The maximum atomic E-state index is 12.1. The third-order valence-corrected chi connectivity index (χ3v) is 3.85. The zero-order valence-corrected chi connectivity index (χ0v) is 11.7. The molecule has 0 bridgehead atoms. The predicted molar refractivity (Wildman–Crippen MR) is 75.0 cm³/mol. The Morgan fingerprint density at radius 2 is 2.00 bits per heavy atom. The Kier molecular flexibility index (Phi) is 3.78. The lowest BCUT2D eigenvalue weighted by atomic mass is 10.3. The topological polar surface area (TPSA) is 90.7 Å². The molecule has 0 unspecified atom stereocenters. The summed E-state index contributed by atoms with van der Waals surface area (Å²) in [6, 6.07) is 0.588. The summed E-state index contributed by atoms with van der Waals surface area (Å²) >= 11 is 0. The molecule has 8 heteroatoms. The van der Waals surface area contributed by atoms with Crippen molar-refractivity contribution in [2.75, 3.05) is 31.5 Å². The minimum atomic E-state index is -0.966. The van der Waals surface area contributed by atoms with E-state index in [0.717, 1.165) is 32.2 Å². The Morgan fingerprint density at radius 3 is 2.62 bits per heavy atom. The molecule has 2 amide bonds. The summed E-state index contributed by atoms with van der Waals surface area (Å²) in [4.78, 5) is 26.9. The fraction of sp³-hybridized carbons (Fsp3) is 0.615. The molecule has 1 aliphatic heterocycles. The van der Waals surface area contributed by atoms with Gasteiger partial charge in [0.2, 0.25) is 0 Å². The van der Waals surface area contributed by atoms with Gasteiger partial charge in [-0.25, -0.2) is 4.79 Å². The fourth-order valence-electron chi connectivity index (χ4n) is 2.59. The smallest absolute Gasteiger partial charge is 0.325 e. The van der Waals surface area contributed by atoms with Crippen molar-refractivity contribution in [2.24, 2.45) is 0 Å². The third kappa shape index (κ3) is 3.52. The average molecular weight is 293 g/mol. The van der Waals surface area contributed by atoms with Crippen molar-refractivity contribution in [1.82, 2.24) is 19.6 Å². The number of amides is 2. The zero-order valence-electron chi connectivity index (χ0n) is 11.7. The van der Waals surface area contributed by atoms with Gasteiger partial charge in [0.05, 0.1) is 11.9 Å². The Morgan fingerprint density at radius 1 is 1.29 bits per heavy atom. The molecule has 2 heterocycles. The molecule has 21 heavy (non-hydrogen) atoms. The van der Waals surface area contributed by atoms with E-state index in [-0.39, 0.29) is 12.6 Å². The number of aromatic nitrogens is 2. The number of aliphatic carboxylic acids is 1. The molecule has 1 aromatic rings. The van der Waals surface area contributed by atoms with Crippen LogP contribution in [0, 0.1) is 0 Å². The summed E-state index contributed by atoms with van der Waals surface area (Å²) in [6.07, 6.45) is 5.55. The van der Waals surface area contributed by atoms with Gasteiger partial charge < -0.3 is 15.3 Å². The summed E-state index contributed by atoms with van der Waals surface area (Å²) in [7, 11) is 0. The molecule has 1 saturated carbocycles. The summed E-state index contributed by atoms with van der Waals surface area (Å²) in [6.45, 7) is 3.10. The molecule has 1 aromatic heterocycles. The van der Waals surface area contributed by atoms with Crippen LogP contribution in [-0.2, 0) is 11.3 Å². The first-order valence-electron chi connectivity index (χ1n) is 7.16. The van der Waals surface area contributed by atoms with Crippen LogP contribution in [-0.4, -0.2) is 68.9 Å². The molecule has 0 radical (unpaired) electrons. The number of nitrogens with zero attached hydrogens (tertiary/aromatic N) is 4. The molecular formula is C13H19N5O3. The highest BCUT2D eigenvalue weighted by Crippen LogP contribution is 2.27. The number of carbonyl (C=O) groups excluding carboxylic acids is 1. The van der Waals surface area contributed by atoms with Crippen LogP contribution in [0.2, 0.25) is 0 Å². The van der Waals surface area contributed by atoms with Gasteiger partial charge in [-0.2, -0.15) is 5.10 Å². The van der Waals surface area contributed by atoms with Crippen LogP contribution in [0.3, 0.4) is 0 Å². The highest BCUT2D eigenvalue weighted by Gasteiger charge is 2.32. The van der Waals surface area contributed by atoms with E-state index in [0.29, 0.717) is 5.69 Å². The number of carboxylic acids is 1. The molecule has 1 aliphatic carbocycles. The number of hydrogen-bond acceptors (Lipinski definition) is 4. The molecule has 1 saturated heterocycles. The number of hydrogen-bond donors (Lipinski definition) is 2. The minimum Gasteiger partial charge on any atom is -0.480 e. The van der Waals surface area contributed by atoms with Crippen molar-refractivity contribution in [3.8, 4) is 0 Å². The average Bonchev–Trinajstić information content (AvgIpc) is 3.21. The largest absolute Gasteiger partial charge is 0.480 e. The van der Waals surface area contributed by atoms with Crippen LogP contribution in [0.15, 0.2) is 12.4 Å². The van der Waals surface area contributed by atoms with Gasteiger partial charge in [0.15, 0.2) is 0 Å². The quantitative estimate of drug-likeness (QED) is 0.832. The number of carbonyl (C=O) groups is 2. The Bertz CT molecular complexity index is 532. The van der Waals surface area contributed by atoms with E-state index in [1.54, 1.807) is 4.90 Å². The van der Waals surface area contributed by atoms with E-state index < -0.39 is 5.97 Å². The molecule has 114 valence electrons. The highest BCUT2D eigenvalue weighted by atomic mass is 16.4. The monoisotopic (exact) mass is 293 g/mol. The first-order valence-corrected chi connectivity index (χ1v) is 7.16. The maximum absolute atomic E-state index is 12.1. The van der Waals surface area contributed by atoms with E-state index in [2.05, 4.69) is 15.3 Å². The number of anilines is 1. The van der Waals surface area contributed by atoms with Crippen molar-refractivity contribution >= 4 is 17.7 Å². The molecule has 8 nitrogen and oxygen atoms in total. The number of carboxylic acid groups (broad SMARTS) is 1. The first kappa shape index (κ1) is 13.9. The van der Waals surface area contributed by atoms with Crippen LogP contribution in [0.4, 0.5) is 10.5 Å². The van der Waals surface area contributed by atoms with Crippen molar-refractivity contribution < 1.29 is 14.7 Å². The van der Waals surface area contributed by atoms with Crippen LogP contribution >= 0.6 is 0 Å². The second-order valence-electron chi connectivity index (χ2n) is 5.50. The van der Waals surface area contributed by atoms with Gasteiger partial charge in [0.1, 0.15) is 6.54 Å². The molecular weight excluding hydrogens is 274 g/mol. The Labute approximate surface area is 122 Å². The normalized spacial score (nSPS) is 19.5. The molecule has 2 fully saturated rings. The van der Waals surface area contributed by atoms with E-state index in [9.17, 15) is 9.59 Å². The van der Waals surface area contributed by atoms with Gasteiger partial charge in [-0.05, 0) is 12.8 Å². The molecule has 3 rings (SSSR count). The summed E-state index contributed by atoms with van der Waals surface area (Å²) in [5.41, 5.74) is 0.519. The number of nitrogens with one attached hydrogen (secondary N) is 1. The summed E-state index contributed by atoms with van der Waals surface area (Å²) in [5.74, 6) is -0.966. The molecule has 2 N–H and O–H groups in total. The van der Waals surface area contributed by atoms with Crippen molar-refractivity contribution in [3.63, 3.8) is 0 Å². The predicted octanol–water partition coefficient (Wildman–Crippen LogP) is 0.280. The zero-order chi connectivity index (χ0) is 14.8. The summed E-state index contributed by atoms with van der Waals surface area (Å²) in [5, 5.41) is 15.3. The Balaban J connectivity index is 1.49. The van der Waals surface area contributed by atoms with E-state index in [4.69, 9.17) is 5.11 Å². The lowest BCUT2D eigenvalue weighted by Crippen LogP contribution is -2.50. The maximum Gasteiger partial charge on any atom is 0.325 e. The highest BCUT2D eigenvalue weighted by molar-refractivity contribution is 5.89. The van der Waals surface area contributed by atoms with Crippen LogP contribution in [0.5, 0.6) is 0 Å². The molecule has 0 spiro atoms. The van der Waals surface area contributed by atoms with E-state index in [1.807, 2.05) is 0 Å². The molecule has 0 atom stereocenters. The number of rotatable bonds is 4. The fourth-order valence-corrected chi connectivity index (χ4v) is 2.59. The Hall–Kier alpha value is -2.09. The van der Waals surface area contributed by atoms with Gasteiger partial charge in [-0.1, -0.05) is 0 Å². The van der Waals surface area contributed by atoms with Gasteiger partial charge in [-0.3, -0.25) is 14.4 Å². The second kappa shape index (κ2) is 5.72. The third-order valence-electron chi connectivity index (χ3n) is 3.85. The van der Waals surface area contributed by atoms with Crippen LogP contribution in [0.25, 0.3) is 0 Å². The first-order chi connectivity index (χ1) is 10.1. The van der Waals surface area contributed by atoms with Gasteiger partial charge in [0.25, 0.3) is 0 Å². The number of urea groups is 1. The van der Waals surface area contributed by atoms with Crippen molar-refractivity contribution in [1.29, 1.82) is 0 Å². The van der Waals surface area contributed by atoms with E-state index in [1.165, 1.54) is 29.9 Å². The van der Waals surface area contributed by atoms with Gasteiger partial charge in [-0.15, -0.1) is 0 Å². The van der Waals surface area contributed by atoms with Gasteiger partial charge >= 0.3 is 12.0 Å². The second-order valence-corrected chi connectivity index (χ2v) is 5.50. The van der Waals surface area contributed by atoms with Crippen LogP contribution in [0.1, 0.15) is 12.8 Å². The SMILES string of the molecule is O=C(O)Cn1cc(NC(=O)N2CCN(C3CC3)CC2)cn1. The lowest BCUT2D eigenvalue weighted by molar-refractivity contribution is -0.137. The minimum absolute atomic E-state index is 0.152. The van der Waals surface area contributed by atoms with Crippen molar-refractivity contribution in [2.45, 2.75) is 25.4 Å². The van der Waals surface area contributed by atoms with Gasteiger partial charge in [0, 0.05) is 38.4 Å². The molecule has 0 aromatic carbocycles. The van der Waals surface area contributed by atoms with Crippen LogP contribution < -0.4 is 5.32 Å². The summed E-state index contributed by atoms with van der Waals surface area (Å²) < 4.78 is 1.28. The standard InChI is InChI=1S/C13H19N5O3/c19-12(20)9-18-8-10(7-14-18)15-13(21)17-5-3-16(4-6-17)11-1-2-11/h7-8,11H,1-6,9H2,(H,15,21)(H,19,20). The van der Waals surface area contributed by atoms with E-state index >= 15 is 0 Å². The number of piperazine rings is 1. The lowest BCUT2D eigenvalue weighted by Gasteiger charge is -2.34.